The van der Waals surface area contributed by atoms with Crippen molar-refractivity contribution in [1.82, 2.24) is 29.2 Å². The summed E-state index contributed by atoms with van der Waals surface area (Å²) in [6.45, 7) is 1.07. The molecule has 2 N–H and O–H groups in total. The van der Waals surface area contributed by atoms with Crippen molar-refractivity contribution in [3.8, 4) is 5.69 Å². The molecule has 1 aliphatic rings. The molecule has 1 atom stereocenters. The van der Waals surface area contributed by atoms with Crippen LogP contribution >= 0.6 is 11.6 Å². The van der Waals surface area contributed by atoms with Gasteiger partial charge in [-0.25, -0.2) is 14.5 Å². The van der Waals surface area contributed by atoms with E-state index in [0.29, 0.717) is 39.5 Å². The van der Waals surface area contributed by atoms with Crippen molar-refractivity contribution >= 4 is 40.0 Å². The number of hydrogen-bond donors (Lipinski definition) is 2. The van der Waals surface area contributed by atoms with Crippen LogP contribution in [0.5, 0.6) is 0 Å². The molecular weight excluding hydrogens is 438 g/mol. The van der Waals surface area contributed by atoms with Gasteiger partial charge in [-0.05, 0) is 49.2 Å². The van der Waals surface area contributed by atoms with Gasteiger partial charge in [0.05, 0.1) is 10.7 Å². The molecule has 1 aliphatic heterocycles. The molecule has 164 valence electrons. The lowest BCUT2D eigenvalue weighted by Gasteiger charge is -2.13. The Kier molecular flexibility index (Phi) is 4.82. The third kappa shape index (κ3) is 3.44. The van der Waals surface area contributed by atoms with Crippen LogP contribution in [0.4, 0.5) is 11.6 Å². The number of para-hydroxylation sites is 1. The van der Waals surface area contributed by atoms with Crippen LogP contribution in [0.2, 0.25) is 5.02 Å². The number of nitrogens with zero attached hydrogens (tertiary/aromatic N) is 5. The lowest BCUT2D eigenvalue weighted by atomic mass is 10.1. The molecule has 0 aliphatic carbocycles. The van der Waals surface area contributed by atoms with E-state index in [2.05, 4.69) is 37.7 Å². The summed E-state index contributed by atoms with van der Waals surface area (Å²) in [6, 6.07) is 15.9. The first-order chi connectivity index (χ1) is 16.2. The van der Waals surface area contributed by atoms with Gasteiger partial charge < -0.3 is 10.6 Å². The smallest absolute Gasteiger partial charge is 0.270 e. The van der Waals surface area contributed by atoms with E-state index in [4.69, 9.17) is 11.6 Å². The molecule has 33 heavy (non-hydrogen) atoms. The van der Waals surface area contributed by atoms with E-state index < -0.39 is 0 Å². The highest BCUT2D eigenvalue weighted by Crippen LogP contribution is 2.25. The Morgan fingerprint density at radius 1 is 1.09 bits per heavy atom. The zero-order valence-electron chi connectivity index (χ0n) is 17.6. The maximum absolute atomic E-state index is 13.4. The third-order valence-corrected chi connectivity index (χ3v) is 6.29. The summed E-state index contributed by atoms with van der Waals surface area (Å²) in [4.78, 5) is 26.8. The molecule has 1 unspecified atom stereocenters. The van der Waals surface area contributed by atoms with Gasteiger partial charge in [-0.15, -0.1) is 0 Å². The Labute approximate surface area is 193 Å². The molecule has 0 spiro atoms. The highest BCUT2D eigenvalue weighted by Gasteiger charge is 2.18. The number of imidazole rings is 1. The molecule has 6 rings (SSSR count). The molecule has 1 fully saturated rings. The van der Waals surface area contributed by atoms with Gasteiger partial charge in [0.25, 0.3) is 5.56 Å². The minimum Gasteiger partial charge on any atom is -0.324 e. The number of hydrogen-bond acceptors (Lipinski definition) is 6. The average Bonchev–Trinajstić information content (AvgIpc) is 3.54. The van der Waals surface area contributed by atoms with Gasteiger partial charge in [-0.3, -0.25) is 9.20 Å². The molecule has 1 saturated heterocycles. The molecule has 4 heterocycles. The predicted molar refractivity (Wildman–Crippen MR) is 129 cm³/mol. The van der Waals surface area contributed by atoms with Crippen molar-refractivity contribution < 1.29 is 0 Å². The third-order valence-electron chi connectivity index (χ3n) is 5.97. The lowest BCUT2D eigenvalue weighted by Crippen LogP contribution is -2.22. The van der Waals surface area contributed by atoms with Crippen LogP contribution in [0.3, 0.4) is 0 Å². The summed E-state index contributed by atoms with van der Waals surface area (Å²) in [7, 11) is 0. The van der Waals surface area contributed by atoms with Gasteiger partial charge in [-0.2, -0.15) is 4.98 Å². The zero-order valence-corrected chi connectivity index (χ0v) is 18.3. The quantitative estimate of drug-likeness (QED) is 0.419. The van der Waals surface area contributed by atoms with E-state index in [0.717, 1.165) is 18.7 Å². The summed E-state index contributed by atoms with van der Waals surface area (Å²) in [6.07, 6.45) is 7.30. The fourth-order valence-electron chi connectivity index (χ4n) is 4.35. The van der Waals surface area contributed by atoms with Crippen molar-refractivity contribution in [3.63, 3.8) is 0 Å². The maximum atomic E-state index is 13.4. The van der Waals surface area contributed by atoms with Gasteiger partial charge in [0.15, 0.2) is 5.65 Å². The van der Waals surface area contributed by atoms with E-state index in [1.54, 1.807) is 28.9 Å². The second-order valence-electron chi connectivity index (χ2n) is 8.02. The van der Waals surface area contributed by atoms with Crippen molar-refractivity contribution in [2.24, 2.45) is 0 Å². The number of nitrogens with one attached hydrogen (secondary N) is 2. The highest BCUT2D eigenvalue weighted by molar-refractivity contribution is 6.32. The second kappa shape index (κ2) is 7.99. The van der Waals surface area contributed by atoms with Gasteiger partial charge in [0, 0.05) is 30.3 Å². The summed E-state index contributed by atoms with van der Waals surface area (Å²) >= 11 is 6.38. The Balaban J connectivity index is 1.41. The molecule has 0 radical (unpaired) electrons. The van der Waals surface area contributed by atoms with E-state index in [-0.39, 0.29) is 5.56 Å². The fourth-order valence-corrected chi connectivity index (χ4v) is 4.57. The monoisotopic (exact) mass is 457 g/mol. The van der Waals surface area contributed by atoms with Crippen molar-refractivity contribution in [2.45, 2.75) is 18.9 Å². The van der Waals surface area contributed by atoms with Crippen LogP contribution in [0.25, 0.3) is 22.5 Å². The standard InChI is InChI=1S/C24H20ClN7O/c25-18-4-1-2-6-20(18)32-22(33)17-14-28-23(30-21(17)31-13-12-27-24(31)32)29-16-9-7-15(8-10-16)19-5-3-11-26-19/h1-2,4,6-10,12-14,19,26H,3,5,11H2,(H,28,29,30). The molecule has 0 amide bonds. The van der Waals surface area contributed by atoms with Crippen molar-refractivity contribution in [1.29, 1.82) is 0 Å². The molecular formula is C24H20ClN7O. The molecule has 5 aromatic rings. The molecule has 0 saturated carbocycles. The van der Waals surface area contributed by atoms with Gasteiger partial charge in [-0.1, -0.05) is 35.9 Å². The van der Waals surface area contributed by atoms with Crippen LogP contribution in [0.15, 0.2) is 71.9 Å². The first kappa shape index (κ1) is 19.9. The SMILES string of the molecule is O=c1c2cnc(Nc3ccc(C4CCCN4)cc3)nc2n2ccnc2n1-c1ccccc1Cl. The summed E-state index contributed by atoms with van der Waals surface area (Å²) in [5, 5.41) is 7.57. The van der Waals surface area contributed by atoms with Gasteiger partial charge >= 0.3 is 0 Å². The Morgan fingerprint density at radius 2 is 1.94 bits per heavy atom. The van der Waals surface area contributed by atoms with E-state index in [9.17, 15) is 4.79 Å². The highest BCUT2D eigenvalue weighted by atomic mass is 35.5. The Morgan fingerprint density at radius 3 is 2.73 bits per heavy atom. The van der Waals surface area contributed by atoms with Crippen LogP contribution in [-0.2, 0) is 0 Å². The van der Waals surface area contributed by atoms with E-state index >= 15 is 0 Å². The summed E-state index contributed by atoms with van der Waals surface area (Å²) < 4.78 is 3.25. The lowest BCUT2D eigenvalue weighted by molar-refractivity contribution is 0.648. The first-order valence-corrected chi connectivity index (χ1v) is 11.2. The summed E-state index contributed by atoms with van der Waals surface area (Å²) in [5.41, 5.74) is 2.90. The number of fused-ring (bicyclic) bond motifs is 3. The average molecular weight is 458 g/mol. The Bertz CT molecular complexity index is 1530. The van der Waals surface area contributed by atoms with E-state index in [1.807, 2.05) is 24.3 Å². The summed E-state index contributed by atoms with van der Waals surface area (Å²) in [5.74, 6) is 0.831. The van der Waals surface area contributed by atoms with Gasteiger partial charge in [0.2, 0.25) is 11.7 Å². The minimum absolute atomic E-state index is 0.281. The van der Waals surface area contributed by atoms with Crippen LogP contribution in [0.1, 0.15) is 24.4 Å². The number of halogens is 1. The zero-order chi connectivity index (χ0) is 22.4. The number of aromatic nitrogens is 5. The molecule has 3 aromatic heterocycles. The minimum atomic E-state index is -0.281. The number of rotatable bonds is 4. The number of anilines is 2. The molecule has 2 aromatic carbocycles. The predicted octanol–water partition coefficient (Wildman–Crippen LogP) is 4.25. The largest absolute Gasteiger partial charge is 0.324 e. The van der Waals surface area contributed by atoms with E-state index in [1.165, 1.54) is 22.7 Å². The number of benzene rings is 2. The fraction of sp³-hybridized carbons (Fsp3) is 0.167. The van der Waals surface area contributed by atoms with Crippen LogP contribution in [-0.4, -0.2) is 30.5 Å². The topological polar surface area (TPSA) is 89.1 Å². The second-order valence-corrected chi connectivity index (χ2v) is 8.42. The maximum Gasteiger partial charge on any atom is 0.270 e. The molecule has 8 nitrogen and oxygen atoms in total. The Hall–Kier alpha value is -3.75. The van der Waals surface area contributed by atoms with Crippen molar-refractivity contribution in [2.75, 3.05) is 11.9 Å². The molecule has 0 bridgehead atoms. The van der Waals surface area contributed by atoms with Gasteiger partial charge in [0.1, 0.15) is 5.39 Å². The van der Waals surface area contributed by atoms with Crippen LogP contribution < -0.4 is 16.2 Å². The normalized spacial score (nSPS) is 16.0. The molecule has 9 heteroatoms. The first-order valence-electron chi connectivity index (χ1n) is 10.8. The van der Waals surface area contributed by atoms with Crippen LogP contribution in [0, 0.1) is 0 Å². The van der Waals surface area contributed by atoms with Crippen molar-refractivity contribution in [3.05, 3.63) is 88.1 Å².